The molecule has 1 aromatic carbocycles. The van der Waals surface area contributed by atoms with Crippen molar-refractivity contribution in [2.45, 2.75) is 6.92 Å². The largest absolute Gasteiger partial charge is 0.497 e. The predicted octanol–water partition coefficient (Wildman–Crippen LogP) is 2.55. The van der Waals surface area contributed by atoms with Gasteiger partial charge in [-0.1, -0.05) is 0 Å². The smallest absolute Gasteiger partial charge is 0.172 e. The van der Waals surface area contributed by atoms with Crippen LogP contribution in [0.25, 0.3) is 0 Å². The zero-order chi connectivity index (χ0) is 10.6. The van der Waals surface area contributed by atoms with Crippen molar-refractivity contribution in [3.05, 3.63) is 29.3 Å². The van der Waals surface area contributed by atoms with Crippen LogP contribution < -0.4 is 4.74 Å². The molecule has 1 rings (SSSR count). The number of Topliss-reactive ketones (excluding diaryl/α,β-unsaturated/α-hetero) is 1. The highest BCUT2D eigenvalue weighted by Gasteiger charge is 2.08. The first-order chi connectivity index (χ1) is 6.69. The van der Waals surface area contributed by atoms with Crippen LogP contribution in [0.5, 0.6) is 5.75 Å². The third kappa shape index (κ3) is 2.51. The lowest BCUT2D eigenvalue weighted by Crippen LogP contribution is -2.04. The average molecular weight is 210 g/mol. The van der Waals surface area contributed by atoms with Crippen molar-refractivity contribution >= 4 is 17.5 Å². The Morgan fingerprint density at radius 2 is 2.21 bits per heavy atom. The third-order valence-corrected chi connectivity index (χ3v) is 2.56. The molecule has 0 spiro atoms. The van der Waals surface area contributed by atoms with Gasteiger partial charge in [0.05, 0.1) is 12.9 Å². The van der Waals surface area contributed by atoms with Gasteiger partial charge in [-0.05, 0) is 36.9 Å². The van der Waals surface area contributed by atoms with E-state index in [0.29, 0.717) is 5.75 Å². The highest BCUT2D eigenvalue weighted by Crippen LogP contribution is 2.18. The Kier molecular flexibility index (Phi) is 4.01. The maximum Gasteiger partial charge on any atom is 0.172 e. The highest BCUT2D eigenvalue weighted by atomic mass is 32.2. The molecule has 14 heavy (non-hydrogen) atoms. The SMILES string of the molecule is COc1ccc(C(=O)CSC)c(C)c1. The van der Waals surface area contributed by atoms with E-state index in [4.69, 9.17) is 4.74 Å². The van der Waals surface area contributed by atoms with Crippen LogP contribution in [0.2, 0.25) is 0 Å². The summed E-state index contributed by atoms with van der Waals surface area (Å²) in [6.45, 7) is 1.93. The van der Waals surface area contributed by atoms with Gasteiger partial charge in [0, 0.05) is 5.56 Å². The highest BCUT2D eigenvalue weighted by molar-refractivity contribution is 7.99. The summed E-state index contributed by atoms with van der Waals surface area (Å²) >= 11 is 1.54. The van der Waals surface area contributed by atoms with Gasteiger partial charge in [-0.3, -0.25) is 4.79 Å². The first-order valence-corrected chi connectivity index (χ1v) is 5.75. The van der Waals surface area contributed by atoms with Gasteiger partial charge in [0.25, 0.3) is 0 Å². The van der Waals surface area contributed by atoms with Gasteiger partial charge in [0.2, 0.25) is 0 Å². The lowest BCUT2D eigenvalue weighted by Gasteiger charge is -2.06. The van der Waals surface area contributed by atoms with Crippen LogP contribution in [0.3, 0.4) is 0 Å². The summed E-state index contributed by atoms with van der Waals surface area (Å²) in [4.78, 5) is 11.6. The lowest BCUT2D eigenvalue weighted by atomic mass is 10.1. The molecule has 0 saturated heterocycles. The summed E-state index contributed by atoms with van der Waals surface area (Å²) < 4.78 is 5.07. The molecule has 1 aromatic rings. The molecule has 0 unspecified atom stereocenters. The normalized spacial score (nSPS) is 9.93. The van der Waals surface area contributed by atoms with Crippen molar-refractivity contribution < 1.29 is 9.53 Å². The molecule has 0 aliphatic rings. The molecule has 2 nitrogen and oxygen atoms in total. The van der Waals surface area contributed by atoms with Crippen molar-refractivity contribution in [2.24, 2.45) is 0 Å². The molecule has 3 heteroatoms. The number of carbonyl (C=O) groups excluding carboxylic acids is 1. The molecular formula is C11H14O2S. The summed E-state index contributed by atoms with van der Waals surface area (Å²) in [5, 5.41) is 0. The fraction of sp³-hybridized carbons (Fsp3) is 0.364. The van der Waals surface area contributed by atoms with E-state index >= 15 is 0 Å². The number of carbonyl (C=O) groups is 1. The predicted molar refractivity (Wildman–Crippen MR) is 60.4 cm³/mol. The van der Waals surface area contributed by atoms with Crippen LogP contribution in [-0.2, 0) is 0 Å². The van der Waals surface area contributed by atoms with Crippen molar-refractivity contribution in [2.75, 3.05) is 19.1 Å². The Balaban J connectivity index is 2.94. The summed E-state index contributed by atoms with van der Waals surface area (Å²) in [6.07, 6.45) is 1.93. The zero-order valence-corrected chi connectivity index (χ0v) is 9.48. The molecule has 0 bridgehead atoms. The number of thioether (sulfide) groups is 1. The van der Waals surface area contributed by atoms with Crippen molar-refractivity contribution in [3.8, 4) is 5.75 Å². The number of hydrogen-bond donors (Lipinski definition) is 0. The van der Waals surface area contributed by atoms with Gasteiger partial charge in [-0.2, -0.15) is 11.8 Å². The second-order valence-corrected chi connectivity index (χ2v) is 3.90. The van der Waals surface area contributed by atoms with Crippen LogP contribution in [0.15, 0.2) is 18.2 Å². The quantitative estimate of drug-likeness (QED) is 0.714. The van der Waals surface area contributed by atoms with Crippen LogP contribution in [0.1, 0.15) is 15.9 Å². The van der Waals surface area contributed by atoms with Crippen LogP contribution in [0.4, 0.5) is 0 Å². The van der Waals surface area contributed by atoms with E-state index in [1.807, 2.05) is 31.4 Å². The van der Waals surface area contributed by atoms with E-state index in [1.165, 1.54) is 0 Å². The number of rotatable bonds is 4. The van der Waals surface area contributed by atoms with E-state index in [2.05, 4.69) is 0 Å². The number of hydrogen-bond acceptors (Lipinski definition) is 3. The molecular weight excluding hydrogens is 196 g/mol. The van der Waals surface area contributed by atoms with Crippen molar-refractivity contribution in [1.82, 2.24) is 0 Å². The van der Waals surface area contributed by atoms with Crippen LogP contribution in [-0.4, -0.2) is 24.9 Å². The Labute approximate surface area is 88.7 Å². The number of methoxy groups -OCH3 is 1. The number of ether oxygens (including phenoxy) is 1. The molecule has 0 saturated carbocycles. The molecule has 0 aliphatic heterocycles. The molecule has 76 valence electrons. The first kappa shape index (κ1) is 11.1. The number of benzene rings is 1. The van der Waals surface area contributed by atoms with Gasteiger partial charge in [0.15, 0.2) is 5.78 Å². The van der Waals surface area contributed by atoms with Gasteiger partial charge in [-0.15, -0.1) is 0 Å². The van der Waals surface area contributed by atoms with Crippen LogP contribution >= 0.6 is 11.8 Å². The summed E-state index contributed by atoms with van der Waals surface area (Å²) in [5.74, 6) is 1.51. The van der Waals surface area contributed by atoms with Gasteiger partial charge in [-0.25, -0.2) is 0 Å². The van der Waals surface area contributed by atoms with Gasteiger partial charge >= 0.3 is 0 Å². The molecule has 0 aromatic heterocycles. The van der Waals surface area contributed by atoms with Gasteiger partial charge in [0.1, 0.15) is 5.75 Å². The topological polar surface area (TPSA) is 26.3 Å². The summed E-state index contributed by atoms with van der Waals surface area (Å²) in [7, 11) is 1.62. The lowest BCUT2D eigenvalue weighted by molar-refractivity contribution is 0.102. The second kappa shape index (κ2) is 5.05. The molecule has 0 fully saturated rings. The molecule has 0 heterocycles. The standard InChI is InChI=1S/C11H14O2S/c1-8-6-9(13-2)4-5-10(8)11(12)7-14-3/h4-6H,7H2,1-3H3. The Morgan fingerprint density at radius 3 is 2.71 bits per heavy atom. The molecule has 0 radical (unpaired) electrons. The molecule has 0 atom stereocenters. The number of ketones is 1. The Morgan fingerprint density at radius 1 is 1.50 bits per heavy atom. The maximum absolute atomic E-state index is 11.6. The fourth-order valence-corrected chi connectivity index (χ4v) is 1.70. The molecule has 0 N–H and O–H groups in total. The zero-order valence-electron chi connectivity index (χ0n) is 8.66. The van der Waals surface area contributed by atoms with E-state index in [-0.39, 0.29) is 5.78 Å². The van der Waals surface area contributed by atoms with E-state index in [9.17, 15) is 4.79 Å². The Bertz CT molecular complexity index is 334. The number of aryl methyl sites for hydroxylation is 1. The maximum atomic E-state index is 11.6. The van der Waals surface area contributed by atoms with E-state index in [1.54, 1.807) is 18.9 Å². The van der Waals surface area contributed by atoms with Crippen LogP contribution in [0, 0.1) is 6.92 Å². The first-order valence-electron chi connectivity index (χ1n) is 4.36. The summed E-state index contributed by atoms with van der Waals surface area (Å²) in [5.41, 5.74) is 1.77. The molecule has 0 aliphatic carbocycles. The second-order valence-electron chi connectivity index (χ2n) is 3.04. The van der Waals surface area contributed by atoms with E-state index in [0.717, 1.165) is 16.9 Å². The van der Waals surface area contributed by atoms with E-state index < -0.39 is 0 Å². The van der Waals surface area contributed by atoms with Gasteiger partial charge < -0.3 is 4.74 Å². The monoisotopic (exact) mass is 210 g/mol. The minimum absolute atomic E-state index is 0.178. The fourth-order valence-electron chi connectivity index (χ4n) is 1.28. The van der Waals surface area contributed by atoms with Crippen molar-refractivity contribution in [1.29, 1.82) is 0 Å². The summed E-state index contributed by atoms with van der Waals surface area (Å²) in [6, 6.07) is 5.53. The Hall–Kier alpha value is -0.960. The minimum atomic E-state index is 0.178. The minimum Gasteiger partial charge on any atom is -0.497 e. The third-order valence-electron chi connectivity index (χ3n) is 2.01. The molecule has 0 amide bonds. The van der Waals surface area contributed by atoms with Crippen molar-refractivity contribution in [3.63, 3.8) is 0 Å². The average Bonchev–Trinajstić information content (AvgIpc) is 2.17.